The third-order valence-corrected chi connectivity index (χ3v) is 3.02. The molecule has 0 aliphatic rings. The monoisotopic (exact) mass is 268 g/mol. The number of fused-ring (bicyclic) bond motifs is 1. The zero-order valence-corrected chi connectivity index (χ0v) is 10.7. The van der Waals surface area contributed by atoms with Crippen molar-refractivity contribution < 1.29 is 9.90 Å². The number of aromatic nitrogens is 3. The van der Waals surface area contributed by atoms with Crippen LogP contribution in [-0.2, 0) is 0 Å². The number of nitrogens with two attached hydrogens (primary N) is 1. The number of anilines is 1. The highest BCUT2D eigenvalue weighted by molar-refractivity contribution is 5.87. The SMILES string of the molecule is Cc1ccc(-c2cc(N)n3nc(C(=O)O)cc3n2)cc1. The minimum atomic E-state index is -1.10. The summed E-state index contributed by atoms with van der Waals surface area (Å²) in [5, 5.41) is 12.8. The third-order valence-electron chi connectivity index (χ3n) is 3.02. The molecule has 2 aromatic heterocycles. The molecule has 100 valence electrons. The smallest absolute Gasteiger partial charge is 0.356 e. The quantitative estimate of drug-likeness (QED) is 0.741. The summed E-state index contributed by atoms with van der Waals surface area (Å²) in [6, 6.07) is 10.9. The van der Waals surface area contributed by atoms with Crippen molar-refractivity contribution in [1.82, 2.24) is 14.6 Å². The number of benzene rings is 1. The molecular weight excluding hydrogens is 256 g/mol. The van der Waals surface area contributed by atoms with Crippen LogP contribution in [0.15, 0.2) is 36.4 Å². The van der Waals surface area contributed by atoms with Gasteiger partial charge in [-0.1, -0.05) is 29.8 Å². The van der Waals surface area contributed by atoms with Gasteiger partial charge in [-0.15, -0.1) is 0 Å². The Bertz CT molecular complexity index is 806. The standard InChI is InChI=1S/C14H12N4O2/c1-8-2-4-9(5-3-8)10-6-12(15)18-13(16-10)7-11(17-18)14(19)20/h2-7H,15H2,1H3,(H,19,20). The fraction of sp³-hybridized carbons (Fsp3) is 0.0714. The molecule has 1 aromatic carbocycles. The number of carbonyl (C=O) groups is 1. The Balaban J connectivity index is 2.18. The molecule has 0 aliphatic carbocycles. The van der Waals surface area contributed by atoms with Crippen molar-refractivity contribution in [2.24, 2.45) is 0 Å². The van der Waals surface area contributed by atoms with Crippen molar-refractivity contribution in [3.63, 3.8) is 0 Å². The van der Waals surface area contributed by atoms with Crippen LogP contribution in [0.3, 0.4) is 0 Å². The van der Waals surface area contributed by atoms with Crippen LogP contribution in [0.1, 0.15) is 16.1 Å². The normalized spacial score (nSPS) is 10.8. The van der Waals surface area contributed by atoms with Gasteiger partial charge in [0.05, 0.1) is 5.69 Å². The summed E-state index contributed by atoms with van der Waals surface area (Å²) in [4.78, 5) is 15.3. The Morgan fingerprint density at radius 3 is 2.60 bits per heavy atom. The zero-order valence-electron chi connectivity index (χ0n) is 10.7. The summed E-state index contributed by atoms with van der Waals surface area (Å²) in [5.41, 5.74) is 9.00. The van der Waals surface area contributed by atoms with Crippen LogP contribution in [0, 0.1) is 6.92 Å². The maximum absolute atomic E-state index is 10.9. The van der Waals surface area contributed by atoms with Gasteiger partial charge in [0.1, 0.15) is 5.82 Å². The van der Waals surface area contributed by atoms with Gasteiger partial charge in [-0.3, -0.25) is 0 Å². The van der Waals surface area contributed by atoms with E-state index in [1.165, 1.54) is 10.6 Å². The molecule has 0 aliphatic heterocycles. The highest BCUT2D eigenvalue weighted by Crippen LogP contribution is 2.21. The van der Waals surface area contributed by atoms with Gasteiger partial charge in [-0.05, 0) is 6.92 Å². The first-order valence-corrected chi connectivity index (χ1v) is 6.01. The highest BCUT2D eigenvalue weighted by atomic mass is 16.4. The zero-order chi connectivity index (χ0) is 14.3. The Kier molecular flexibility index (Phi) is 2.64. The lowest BCUT2D eigenvalue weighted by Crippen LogP contribution is -2.02. The maximum Gasteiger partial charge on any atom is 0.356 e. The van der Waals surface area contributed by atoms with Gasteiger partial charge >= 0.3 is 5.97 Å². The molecule has 3 N–H and O–H groups in total. The summed E-state index contributed by atoms with van der Waals surface area (Å²) < 4.78 is 1.32. The van der Waals surface area contributed by atoms with E-state index in [1.807, 2.05) is 31.2 Å². The number of aromatic carboxylic acids is 1. The number of rotatable bonds is 2. The Morgan fingerprint density at radius 2 is 1.95 bits per heavy atom. The van der Waals surface area contributed by atoms with Crippen molar-refractivity contribution in [3.05, 3.63) is 47.7 Å². The fourth-order valence-corrected chi connectivity index (χ4v) is 1.97. The molecule has 2 heterocycles. The molecular formula is C14H12N4O2. The van der Waals surface area contributed by atoms with E-state index in [4.69, 9.17) is 10.8 Å². The van der Waals surface area contributed by atoms with Crippen LogP contribution < -0.4 is 5.73 Å². The summed E-state index contributed by atoms with van der Waals surface area (Å²) in [5.74, 6) is -0.759. The molecule has 0 bridgehead atoms. The van der Waals surface area contributed by atoms with Crippen LogP contribution >= 0.6 is 0 Å². The molecule has 6 nitrogen and oxygen atoms in total. The lowest BCUT2D eigenvalue weighted by atomic mass is 10.1. The van der Waals surface area contributed by atoms with Crippen molar-refractivity contribution in [2.45, 2.75) is 6.92 Å². The number of nitrogen functional groups attached to an aromatic ring is 1. The molecule has 0 spiro atoms. The molecule has 0 atom stereocenters. The predicted molar refractivity (Wildman–Crippen MR) is 74.5 cm³/mol. The molecule has 6 heteroatoms. The van der Waals surface area contributed by atoms with E-state index in [-0.39, 0.29) is 5.69 Å². The molecule has 3 rings (SSSR count). The maximum atomic E-state index is 10.9. The minimum Gasteiger partial charge on any atom is -0.476 e. The van der Waals surface area contributed by atoms with E-state index in [2.05, 4.69) is 10.1 Å². The average Bonchev–Trinajstić information content (AvgIpc) is 2.84. The molecule has 0 unspecified atom stereocenters. The van der Waals surface area contributed by atoms with Gasteiger partial charge in [0.25, 0.3) is 0 Å². The van der Waals surface area contributed by atoms with Crippen LogP contribution in [0.25, 0.3) is 16.9 Å². The first-order valence-electron chi connectivity index (χ1n) is 6.01. The van der Waals surface area contributed by atoms with Crippen molar-refractivity contribution in [3.8, 4) is 11.3 Å². The lowest BCUT2D eigenvalue weighted by Gasteiger charge is -2.04. The van der Waals surface area contributed by atoms with Crippen LogP contribution in [0.4, 0.5) is 5.82 Å². The van der Waals surface area contributed by atoms with E-state index < -0.39 is 5.97 Å². The first kappa shape index (κ1) is 12.2. The second-order valence-electron chi connectivity index (χ2n) is 4.54. The number of nitrogens with zero attached hydrogens (tertiary/aromatic N) is 3. The number of aryl methyl sites for hydroxylation is 1. The van der Waals surface area contributed by atoms with Gasteiger partial charge in [-0.2, -0.15) is 9.61 Å². The summed E-state index contributed by atoms with van der Waals surface area (Å²) in [6.07, 6.45) is 0. The van der Waals surface area contributed by atoms with E-state index >= 15 is 0 Å². The Labute approximate surface area is 114 Å². The van der Waals surface area contributed by atoms with E-state index in [1.54, 1.807) is 6.07 Å². The number of carboxylic acids is 1. The number of carboxylic acid groups (broad SMARTS) is 1. The molecule has 20 heavy (non-hydrogen) atoms. The topological polar surface area (TPSA) is 93.5 Å². The molecule has 3 aromatic rings. The van der Waals surface area contributed by atoms with Crippen LogP contribution in [-0.4, -0.2) is 25.7 Å². The Hall–Kier alpha value is -2.89. The molecule has 0 saturated carbocycles. The van der Waals surface area contributed by atoms with E-state index in [9.17, 15) is 4.79 Å². The summed E-state index contributed by atoms with van der Waals surface area (Å²) >= 11 is 0. The lowest BCUT2D eigenvalue weighted by molar-refractivity contribution is 0.0690. The summed E-state index contributed by atoms with van der Waals surface area (Å²) in [6.45, 7) is 2.00. The highest BCUT2D eigenvalue weighted by Gasteiger charge is 2.13. The van der Waals surface area contributed by atoms with E-state index in [0.29, 0.717) is 17.2 Å². The van der Waals surface area contributed by atoms with Gasteiger partial charge in [0.15, 0.2) is 11.3 Å². The predicted octanol–water partition coefficient (Wildman–Crippen LogP) is 1.99. The van der Waals surface area contributed by atoms with Gasteiger partial charge in [-0.25, -0.2) is 9.78 Å². The van der Waals surface area contributed by atoms with Crippen LogP contribution in [0.2, 0.25) is 0 Å². The van der Waals surface area contributed by atoms with Crippen molar-refractivity contribution in [2.75, 3.05) is 5.73 Å². The van der Waals surface area contributed by atoms with Gasteiger partial charge in [0, 0.05) is 17.7 Å². The second-order valence-corrected chi connectivity index (χ2v) is 4.54. The van der Waals surface area contributed by atoms with Crippen molar-refractivity contribution in [1.29, 1.82) is 0 Å². The summed E-state index contributed by atoms with van der Waals surface area (Å²) in [7, 11) is 0. The number of hydrogen-bond acceptors (Lipinski definition) is 4. The minimum absolute atomic E-state index is 0.0785. The third kappa shape index (κ3) is 1.97. The van der Waals surface area contributed by atoms with Crippen LogP contribution in [0.5, 0.6) is 0 Å². The molecule has 0 fully saturated rings. The largest absolute Gasteiger partial charge is 0.476 e. The first-order chi connectivity index (χ1) is 9.54. The molecule has 0 amide bonds. The fourth-order valence-electron chi connectivity index (χ4n) is 1.97. The molecule has 0 saturated heterocycles. The van der Waals surface area contributed by atoms with Gasteiger partial charge in [0.2, 0.25) is 0 Å². The van der Waals surface area contributed by atoms with Crippen molar-refractivity contribution >= 4 is 17.4 Å². The molecule has 0 radical (unpaired) electrons. The van der Waals surface area contributed by atoms with E-state index in [0.717, 1.165) is 11.1 Å². The number of hydrogen-bond donors (Lipinski definition) is 2. The Morgan fingerprint density at radius 1 is 1.25 bits per heavy atom. The van der Waals surface area contributed by atoms with Gasteiger partial charge < -0.3 is 10.8 Å². The average molecular weight is 268 g/mol. The second kappa shape index (κ2) is 4.34.